The van der Waals surface area contributed by atoms with Crippen LogP contribution in [0.4, 0.5) is 0 Å². The summed E-state index contributed by atoms with van der Waals surface area (Å²) in [6.07, 6.45) is 0.823. The molecule has 1 fully saturated rings. The number of ether oxygens (including phenoxy) is 2. The molecular formula is C20H27NO5. The molecule has 1 aromatic carbocycles. The molecule has 0 spiro atoms. The number of amides is 1. The average molecular weight is 361 g/mol. The van der Waals surface area contributed by atoms with E-state index in [1.165, 1.54) is 20.8 Å². The third-order valence-corrected chi connectivity index (χ3v) is 5.09. The number of benzene rings is 1. The predicted octanol–water partition coefficient (Wildman–Crippen LogP) is 2.57. The first kappa shape index (κ1) is 19.9. The van der Waals surface area contributed by atoms with E-state index in [2.05, 4.69) is 5.32 Å². The third kappa shape index (κ3) is 4.84. The molecule has 6 heteroatoms. The molecule has 0 saturated heterocycles. The number of carbonyl (C=O) groups is 3. The van der Waals surface area contributed by atoms with E-state index in [-0.39, 0.29) is 42.4 Å². The second-order valence-corrected chi connectivity index (χ2v) is 7.13. The maximum Gasteiger partial charge on any atom is 0.302 e. The summed E-state index contributed by atoms with van der Waals surface area (Å²) in [4.78, 5) is 34.8. The summed E-state index contributed by atoms with van der Waals surface area (Å²) in [5.41, 5.74) is 0.424. The molecule has 6 nitrogen and oxygen atoms in total. The smallest absolute Gasteiger partial charge is 0.302 e. The van der Waals surface area contributed by atoms with Gasteiger partial charge < -0.3 is 14.8 Å². The number of carbonyl (C=O) groups excluding carboxylic acids is 3. The van der Waals surface area contributed by atoms with Crippen molar-refractivity contribution in [1.29, 1.82) is 0 Å². The van der Waals surface area contributed by atoms with Crippen LogP contribution in [0.15, 0.2) is 30.3 Å². The third-order valence-electron chi connectivity index (χ3n) is 5.09. The van der Waals surface area contributed by atoms with E-state index in [1.54, 1.807) is 0 Å². The molecule has 1 saturated carbocycles. The van der Waals surface area contributed by atoms with Gasteiger partial charge in [-0.2, -0.15) is 0 Å². The highest BCUT2D eigenvalue weighted by molar-refractivity contribution is 5.74. The van der Waals surface area contributed by atoms with Crippen molar-refractivity contribution in [3.63, 3.8) is 0 Å². The lowest BCUT2D eigenvalue weighted by Crippen LogP contribution is -2.60. The van der Waals surface area contributed by atoms with Gasteiger partial charge in [-0.05, 0) is 25.3 Å². The summed E-state index contributed by atoms with van der Waals surface area (Å²) >= 11 is 0. The molecule has 1 amide bonds. The molecule has 0 radical (unpaired) electrons. The summed E-state index contributed by atoms with van der Waals surface area (Å²) in [5, 5.41) is 3.08. The van der Waals surface area contributed by atoms with Crippen LogP contribution in [0.1, 0.15) is 52.0 Å². The number of nitrogens with one attached hydrogen (secondary N) is 1. The van der Waals surface area contributed by atoms with Gasteiger partial charge in [0.1, 0.15) is 6.10 Å². The van der Waals surface area contributed by atoms with Crippen LogP contribution in [-0.4, -0.2) is 36.1 Å². The van der Waals surface area contributed by atoms with Crippen molar-refractivity contribution in [2.45, 2.75) is 58.1 Å². The SMILES string of the molecule is CC(=O)N[C@@]1(C)[C@@H](COC(C)=O)C[C@H](OC(C)=O)C[C@@H]1c1ccccc1. The van der Waals surface area contributed by atoms with Crippen molar-refractivity contribution in [2.75, 3.05) is 6.61 Å². The van der Waals surface area contributed by atoms with Crippen LogP contribution in [0, 0.1) is 5.92 Å². The van der Waals surface area contributed by atoms with Gasteiger partial charge in [0, 0.05) is 32.6 Å². The van der Waals surface area contributed by atoms with Gasteiger partial charge in [0.2, 0.25) is 5.91 Å². The molecule has 0 aromatic heterocycles. The van der Waals surface area contributed by atoms with Crippen LogP contribution in [-0.2, 0) is 23.9 Å². The van der Waals surface area contributed by atoms with Gasteiger partial charge in [-0.15, -0.1) is 0 Å². The highest BCUT2D eigenvalue weighted by atomic mass is 16.5. The molecule has 142 valence electrons. The lowest BCUT2D eigenvalue weighted by atomic mass is 9.63. The van der Waals surface area contributed by atoms with Crippen molar-refractivity contribution in [1.82, 2.24) is 5.32 Å². The highest BCUT2D eigenvalue weighted by Gasteiger charge is 2.49. The molecule has 26 heavy (non-hydrogen) atoms. The fourth-order valence-electron chi connectivity index (χ4n) is 3.98. The summed E-state index contributed by atoms with van der Waals surface area (Å²) in [6, 6.07) is 9.83. The van der Waals surface area contributed by atoms with Gasteiger partial charge in [0.15, 0.2) is 0 Å². The van der Waals surface area contributed by atoms with Crippen LogP contribution < -0.4 is 5.32 Å². The zero-order valence-corrected chi connectivity index (χ0v) is 15.8. The molecule has 1 N–H and O–H groups in total. The van der Waals surface area contributed by atoms with Crippen molar-refractivity contribution in [3.8, 4) is 0 Å². The lowest BCUT2D eigenvalue weighted by molar-refractivity contribution is -0.155. The Balaban J connectivity index is 2.41. The summed E-state index contributed by atoms with van der Waals surface area (Å²) < 4.78 is 10.8. The Morgan fingerprint density at radius 3 is 2.27 bits per heavy atom. The van der Waals surface area contributed by atoms with Crippen molar-refractivity contribution in [2.24, 2.45) is 5.92 Å². The van der Waals surface area contributed by atoms with Crippen LogP contribution in [0.25, 0.3) is 0 Å². The number of hydrogen-bond acceptors (Lipinski definition) is 5. The summed E-state index contributed by atoms with van der Waals surface area (Å²) in [6.45, 7) is 6.36. The minimum atomic E-state index is -0.626. The lowest BCUT2D eigenvalue weighted by Gasteiger charge is -2.49. The van der Waals surface area contributed by atoms with Crippen LogP contribution in [0.2, 0.25) is 0 Å². The Hall–Kier alpha value is -2.37. The molecule has 0 unspecified atom stereocenters. The first-order chi connectivity index (χ1) is 12.2. The Labute approximate surface area is 154 Å². The van der Waals surface area contributed by atoms with Gasteiger partial charge >= 0.3 is 11.9 Å². The van der Waals surface area contributed by atoms with Gasteiger partial charge in [0.05, 0.1) is 12.1 Å². The number of hydrogen-bond donors (Lipinski definition) is 1. The molecule has 0 bridgehead atoms. The van der Waals surface area contributed by atoms with Gasteiger partial charge in [-0.25, -0.2) is 0 Å². The van der Waals surface area contributed by atoms with Gasteiger partial charge in [-0.3, -0.25) is 14.4 Å². The van der Waals surface area contributed by atoms with Crippen molar-refractivity contribution in [3.05, 3.63) is 35.9 Å². The first-order valence-corrected chi connectivity index (χ1v) is 8.86. The summed E-state index contributed by atoms with van der Waals surface area (Å²) in [5.74, 6) is -1.12. The zero-order chi connectivity index (χ0) is 19.3. The van der Waals surface area contributed by atoms with Gasteiger partial charge in [0.25, 0.3) is 0 Å². The van der Waals surface area contributed by atoms with E-state index in [4.69, 9.17) is 9.47 Å². The number of esters is 2. The second kappa shape index (κ2) is 8.34. The molecule has 4 atom stereocenters. The Morgan fingerprint density at radius 2 is 1.73 bits per heavy atom. The van der Waals surface area contributed by atoms with E-state index in [9.17, 15) is 14.4 Å². The van der Waals surface area contributed by atoms with Gasteiger partial charge in [-0.1, -0.05) is 30.3 Å². The van der Waals surface area contributed by atoms with E-state index in [0.717, 1.165) is 5.56 Å². The van der Waals surface area contributed by atoms with E-state index in [0.29, 0.717) is 12.8 Å². The molecule has 1 aliphatic rings. The largest absolute Gasteiger partial charge is 0.465 e. The molecule has 1 aromatic rings. The van der Waals surface area contributed by atoms with Crippen molar-refractivity contribution >= 4 is 17.8 Å². The zero-order valence-electron chi connectivity index (χ0n) is 15.8. The molecule has 0 aliphatic heterocycles. The fraction of sp³-hybridized carbons (Fsp3) is 0.550. The topological polar surface area (TPSA) is 81.7 Å². The number of rotatable bonds is 5. The normalized spacial score (nSPS) is 28.1. The summed E-state index contributed by atoms with van der Waals surface area (Å²) in [7, 11) is 0. The van der Waals surface area contributed by atoms with Crippen LogP contribution >= 0.6 is 0 Å². The molecular weight excluding hydrogens is 334 g/mol. The van der Waals surface area contributed by atoms with Crippen molar-refractivity contribution < 1.29 is 23.9 Å². The average Bonchev–Trinajstić information content (AvgIpc) is 2.54. The quantitative estimate of drug-likeness (QED) is 0.815. The standard InChI is InChI=1S/C20H27NO5/c1-13(22)21-20(4)17(12-25-14(2)23)10-18(26-15(3)24)11-19(20)16-8-6-5-7-9-16/h5-9,17-19H,10-12H2,1-4H3,(H,21,22)/t17-,18+,19-,20+/m1/s1. The van der Waals surface area contributed by atoms with E-state index in [1.807, 2.05) is 37.3 Å². The highest BCUT2D eigenvalue weighted by Crippen LogP contribution is 2.45. The first-order valence-electron chi connectivity index (χ1n) is 8.86. The van der Waals surface area contributed by atoms with E-state index >= 15 is 0 Å². The maximum absolute atomic E-state index is 11.9. The van der Waals surface area contributed by atoms with E-state index < -0.39 is 5.54 Å². The second-order valence-electron chi connectivity index (χ2n) is 7.13. The fourth-order valence-corrected chi connectivity index (χ4v) is 3.98. The molecule has 0 heterocycles. The Bertz CT molecular complexity index is 659. The minimum Gasteiger partial charge on any atom is -0.465 e. The molecule has 1 aliphatic carbocycles. The Kier molecular flexibility index (Phi) is 6.40. The monoisotopic (exact) mass is 361 g/mol. The maximum atomic E-state index is 11.9. The molecule has 2 rings (SSSR count). The Morgan fingerprint density at radius 1 is 1.08 bits per heavy atom. The van der Waals surface area contributed by atoms with Crippen LogP contribution in [0.3, 0.4) is 0 Å². The predicted molar refractivity (Wildman–Crippen MR) is 96.3 cm³/mol. The van der Waals surface area contributed by atoms with Crippen LogP contribution in [0.5, 0.6) is 0 Å². The minimum absolute atomic E-state index is 0.0775.